The third kappa shape index (κ3) is 4.68. The standard InChI is InChI=1S/C18H18ClF3N4O/c1-11-4-6-26(7-5-11)17(27)15-9-16(24-10-23-15)25-14-3-2-12(19)8-13(14)18(20,21)22/h2-3,8-11H,4-7H2,1H3,(H,23,24,25). The van der Waals surface area contributed by atoms with Crippen molar-refractivity contribution >= 4 is 29.0 Å². The number of halogens is 4. The summed E-state index contributed by atoms with van der Waals surface area (Å²) >= 11 is 5.69. The fourth-order valence-electron chi connectivity index (χ4n) is 2.91. The Bertz CT molecular complexity index is 836. The van der Waals surface area contributed by atoms with E-state index in [0.29, 0.717) is 19.0 Å². The average Bonchev–Trinajstić information content (AvgIpc) is 2.63. The number of hydrogen-bond donors (Lipinski definition) is 1. The van der Waals surface area contributed by atoms with Crippen molar-refractivity contribution in [3.63, 3.8) is 0 Å². The number of likely N-dealkylation sites (tertiary alicyclic amines) is 1. The molecule has 27 heavy (non-hydrogen) atoms. The number of nitrogens with zero attached hydrogens (tertiary/aromatic N) is 3. The normalized spacial score (nSPS) is 15.7. The summed E-state index contributed by atoms with van der Waals surface area (Å²) in [6.07, 6.45) is -1.59. The maximum absolute atomic E-state index is 13.2. The van der Waals surface area contributed by atoms with Gasteiger partial charge < -0.3 is 10.2 Å². The minimum atomic E-state index is -4.58. The molecule has 0 spiro atoms. The van der Waals surface area contributed by atoms with Gasteiger partial charge >= 0.3 is 6.18 Å². The second-order valence-electron chi connectivity index (χ2n) is 6.58. The van der Waals surface area contributed by atoms with E-state index in [1.165, 1.54) is 18.2 Å². The predicted octanol–water partition coefficient (Wildman–Crippen LogP) is 4.76. The molecule has 0 saturated carbocycles. The number of piperidine rings is 1. The molecular formula is C18H18ClF3N4O. The zero-order valence-corrected chi connectivity index (χ0v) is 15.3. The van der Waals surface area contributed by atoms with Crippen LogP contribution in [0.4, 0.5) is 24.7 Å². The van der Waals surface area contributed by atoms with Gasteiger partial charge in [0.15, 0.2) is 0 Å². The van der Waals surface area contributed by atoms with Crippen LogP contribution in [0.5, 0.6) is 0 Å². The fraction of sp³-hybridized carbons (Fsp3) is 0.389. The smallest absolute Gasteiger partial charge is 0.340 e. The summed E-state index contributed by atoms with van der Waals surface area (Å²) < 4.78 is 39.7. The maximum Gasteiger partial charge on any atom is 0.418 e. The Kier molecular flexibility index (Phi) is 5.55. The Balaban J connectivity index is 1.82. The van der Waals surface area contributed by atoms with E-state index in [0.717, 1.165) is 25.2 Å². The Morgan fingerprint density at radius 1 is 1.22 bits per heavy atom. The SMILES string of the molecule is CC1CCN(C(=O)c2cc(Nc3ccc(Cl)cc3C(F)(F)F)ncn2)CC1. The van der Waals surface area contributed by atoms with Crippen LogP contribution in [0.15, 0.2) is 30.6 Å². The molecule has 2 aromatic rings. The molecule has 1 amide bonds. The van der Waals surface area contributed by atoms with Crippen molar-refractivity contribution in [2.24, 2.45) is 5.92 Å². The highest BCUT2D eigenvalue weighted by atomic mass is 35.5. The zero-order valence-electron chi connectivity index (χ0n) is 14.6. The third-order valence-corrected chi connectivity index (χ3v) is 4.74. The summed E-state index contributed by atoms with van der Waals surface area (Å²) in [4.78, 5) is 22.2. The van der Waals surface area contributed by atoms with Crippen LogP contribution in [0.3, 0.4) is 0 Å². The lowest BCUT2D eigenvalue weighted by atomic mass is 9.99. The van der Waals surface area contributed by atoms with Crippen LogP contribution in [0.25, 0.3) is 0 Å². The maximum atomic E-state index is 13.2. The molecule has 0 atom stereocenters. The molecule has 9 heteroatoms. The van der Waals surface area contributed by atoms with E-state index in [1.807, 2.05) is 0 Å². The topological polar surface area (TPSA) is 58.1 Å². The van der Waals surface area contributed by atoms with E-state index >= 15 is 0 Å². The van der Waals surface area contributed by atoms with E-state index in [-0.39, 0.29) is 28.1 Å². The molecule has 5 nitrogen and oxygen atoms in total. The summed E-state index contributed by atoms with van der Waals surface area (Å²) in [7, 11) is 0. The van der Waals surface area contributed by atoms with E-state index < -0.39 is 11.7 Å². The molecule has 1 N–H and O–H groups in total. The van der Waals surface area contributed by atoms with E-state index in [2.05, 4.69) is 22.2 Å². The molecule has 1 aromatic carbocycles. The van der Waals surface area contributed by atoms with Gasteiger partial charge in [0, 0.05) is 24.2 Å². The van der Waals surface area contributed by atoms with Gasteiger partial charge in [0.25, 0.3) is 5.91 Å². The molecule has 2 heterocycles. The van der Waals surface area contributed by atoms with E-state index in [1.54, 1.807) is 4.90 Å². The first-order valence-corrected chi connectivity index (χ1v) is 8.87. The lowest BCUT2D eigenvalue weighted by Crippen LogP contribution is -2.38. The molecule has 1 aromatic heterocycles. The quantitative estimate of drug-likeness (QED) is 0.809. The van der Waals surface area contributed by atoms with Crippen molar-refractivity contribution in [2.75, 3.05) is 18.4 Å². The van der Waals surface area contributed by atoms with Crippen molar-refractivity contribution in [1.29, 1.82) is 0 Å². The van der Waals surface area contributed by atoms with Crippen LogP contribution in [0.2, 0.25) is 5.02 Å². The molecule has 1 aliphatic rings. The number of anilines is 2. The number of carbonyl (C=O) groups is 1. The summed E-state index contributed by atoms with van der Waals surface area (Å²) in [6.45, 7) is 3.42. The van der Waals surface area contributed by atoms with Gasteiger partial charge in [-0.2, -0.15) is 13.2 Å². The number of carbonyl (C=O) groups excluding carboxylic acids is 1. The number of alkyl halides is 3. The molecule has 1 aliphatic heterocycles. The van der Waals surface area contributed by atoms with Crippen molar-refractivity contribution in [1.82, 2.24) is 14.9 Å². The summed E-state index contributed by atoms with van der Waals surface area (Å²) in [5, 5.41) is 2.59. The van der Waals surface area contributed by atoms with Crippen LogP contribution >= 0.6 is 11.6 Å². The highest BCUT2D eigenvalue weighted by Crippen LogP contribution is 2.37. The van der Waals surface area contributed by atoms with Crippen molar-refractivity contribution in [3.05, 3.63) is 46.9 Å². The summed E-state index contributed by atoms with van der Waals surface area (Å²) in [5.41, 5.74) is -0.966. The Hall–Kier alpha value is -2.35. The van der Waals surface area contributed by atoms with Crippen LogP contribution in [0, 0.1) is 5.92 Å². The second-order valence-corrected chi connectivity index (χ2v) is 7.01. The van der Waals surface area contributed by atoms with Crippen molar-refractivity contribution in [2.45, 2.75) is 25.9 Å². The summed E-state index contributed by atoms with van der Waals surface area (Å²) in [6, 6.07) is 4.77. The number of aromatic nitrogens is 2. The zero-order chi connectivity index (χ0) is 19.6. The third-order valence-electron chi connectivity index (χ3n) is 4.51. The highest BCUT2D eigenvalue weighted by Gasteiger charge is 2.34. The van der Waals surface area contributed by atoms with Crippen molar-refractivity contribution < 1.29 is 18.0 Å². The molecule has 1 saturated heterocycles. The van der Waals surface area contributed by atoms with Gasteiger partial charge in [-0.1, -0.05) is 18.5 Å². The van der Waals surface area contributed by atoms with Crippen LogP contribution in [-0.2, 0) is 6.18 Å². The Morgan fingerprint density at radius 2 is 1.93 bits per heavy atom. The molecule has 0 radical (unpaired) electrons. The number of nitrogens with one attached hydrogen (secondary N) is 1. The molecule has 0 bridgehead atoms. The molecule has 0 aliphatic carbocycles. The number of hydrogen-bond acceptors (Lipinski definition) is 4. The lowest BCUT2D eigenvalue weighted by molar-refractivity contribution is -0.136. The average molecular weight is 399 g/mol. The highest BCUT2D eigenvalue weighted by molar-refractivity contribution is 6.30. The predicted molar refractivity (Wildman–Crippen MR) is 96.1 cm³/mol. The van der Waals surface area contributed by atoms with Gasteiger partial charge in [0.2, 0.25) is 0 Å². The Labute approximate surface area is 159 Å². The van der Waals surface area contributed by atoms with Crippen LogP contribution < -0.4 is 5.32 Å². The van der Waals surface area contributed by atoms with Gasteiger partial charge in [-0.25, -0.2) is 9.97 Å². The largest absolute Gasteiger partial charge is 0.418 e. The number of benzene rings is 1. The van der Waals surface area contributed by atoms with E-state index in [9.17, 15) is 18.0 Å². The van der Waals surface area contributed by atoms with Gasteiger partial charge in [-0.05, 0) is 37.0 Å². The monoisotopic (exact) mass is 398 g/mol. The fourth-order valence-corrected chi connectivity index (χ4v) is 3.09. The first kappa shape index (κ1) is 19.4. The molecule has 144 valence electrons. The summed E-state index contributed by atoms with van der Waals surface area (Å²) in [5.74, 6) is 0.424. The van der Waals surface area contributed by atoms with Gasteiger partial charge in [-0.3, -0.25) is 4.79 Å². The van der Waals surface area contributed by atoms with Gasteiger partial charge in [-0.15, -0.1) is 0 Å². The molecular weight excluding hydrogens is 381 g/mol. The van der Waals surface area contributed by atoms with Gasteiger partial charge in [0.1, 0.15) is 17.8 Å². The number of amides is 1. The minimum Gasteiger partial charge on any atom is -0.340 e. The molecule has 0 unspecified atom stereocenters. The lowest BCUT2D eigenvalue weighted by Gasteiger charge is -2.30. The molecule has 3 rings (SSSR count). The first-order valence-electron chi connectivity index (χ1n) is 8.49. The van der Waals surface area contributed by atoms with Gasteiger partial charge in [0.05, 0.1) is 11.3 Å². The minimum absolute atomic E-state index is 0.0224. The van der Waals surface area contributed by atoms with E-state index in [4.69, 9.17) is 11.6 Å². The number of rotatable bonds is 3. The van der Waals surface area contributed by atoms with Crippen LogP contribution in [0.1, 0.15) is 35.8 Å². The second kappa shape index (κ2) is 7.72. The van der Waals surface area contributed by atoms with Crippen molar-refractivity contribution in [3.8, 4) is 0 Å². The first-order chi connectivity index (χ1) is 12.7. The Morgan fingerprint density at radius 3 is 2.59 bits per heavy atom. The van der Waals surface area contributed by atoms with Crippen LogP contribution in [-0.4, -0.2) is 33.9 Å². The molecule has 1 fully saturated rings.